The Kier molecular flexibility index (Phi) is 3.86. The minimum Gasteiger partial charge on any atom is -0.465 e. The van der Waals surface area contributed by atoms with E-state index in [1.807, 2.05) is 13.0 Å². The van der Waals surface area contributed by atoms with Crippen LogP contribution in [0.2, 0.25) is 0 Å². The van der Waals surface area contributed by atoms with Crippen LogP contribution in [-0.2, 0) is 4.74 Å². The number of hydrogen-bond donors (Lipinski definition) is 2. The maximum absolute atomic E-state index is 11.5. The summed E-state index contributed by atoms with van der Waals surface area (Å²) in [6, 6.07) is 6.94. The molecule has 0 aliphatic carbocycles. The molecule has 0 aliphatic rings. The molecule has 2 rings (SSSR count). The molecule has 0 bridgehead atoms. The highest BCUT2D eigenvalue weighted by Gasteiger charge is 2.12. The lowest BCUT2D eigenvalue weighted by Crippen LogP contribution is -2.04. The number of anilines is 2. The number of aryl methyl sites for hydroxylation is 1. The first-order valence-corrected chi connectivity index (χ1v) is 6.45. The third-order valence-corrected chi connectivity index (χ3v) is 3.37. The molecule has 1 aromatic carbocycles. The van der Waals surface area contributed by atoms with E-state index in [9.17, 15) is 9.59 Å². The summed E-state index contributed by atoms with van der Waals surface area (Å²) in [7, 11) is 1.31. The summed E-state index contributed by atoms with van der Waals surface area (Å²) in [5, 5.41) is 12.3. The molecule has 0 radical (unpaired) electrons. The Morgan fingerprint density at radius 1 is 1.45 bits per heavy atom. The normalized spacial score (nSPS) is 9.85. The molecule has 2 aromatic rings. The number of carbonyl (C=O) groups excluding carboxylic acids is 1. The largest absolute Gasteiger partial charge is 0.465 e. The van der Waals surface area contributed by atoms with Gasteiger partial charge >= 0.3 is 5.97 Å². The lowest BCUT2D eigenvalue weighted by atomic mass is 10.1. The van der Waals surface area contributed by atoms with Crippen molar-refractivity contribution in [1.82, 2.24) is 4.37 Å². The molecule has 0 unspecified atom stereocenters. The van der Waals surface area contributed by atoms with Gasteiger partial charge in [-0.2, -0.15) is 5.26 Å². The number of methoxy groups -OCH3 is 1. The van der Waals surface area contributed by atoms with Crippen LogP contribution in [-0.4, -0.2) is 17.5 Å². The van der Waals surface area contributed by atoms with Crippen molar-refractivity contribution in [2.45, 2.75) is 6.92 Å². The Balaban J connectivity index is 2.39. The number of carbonyl (C=O) groups is 1. The van der Waals surface area contributed by atoms with E-state index in [1.54, 1.807) is 18.2 Å². The van der Waals surface area contributed by atoms with Gasteiger partial charge < -0.3 is 10.1 Å². The van der Waals surface area contributed by atoms with Gasteiger partial charge in [0.1, 0.15) is 11.1 Å². The third kappa shape index (κ3) is 2.70. The third-order valence-electron chi connectivity index (χ3n) is 2.57. The maximum Gasteiger partial charge on any atom is 0.337 e. The molecule has 0 amide bonds. The van der Waals surface area contributed by atoms with Crippen LogP contribution in [0.1, 0.15) is 21.5 Å². The zero-order chi connectivity index (χ0) is 14.7. The van der Waals surface area contributed by atoms with Gasteiger partial charge in [-0.1, -0.05) is 0 Å². The van der Waals surface area contributed by atoms with Crippen LogP contribution in [0.3, 0.4) is 0 Å². The Morgan fingerprint density at radius 2 is 2.20 bits per heavy atom. The van der Waals surface area contributed by atoms with E-state index in [0.717, 1.165) is 17.1 Å². The van der Waals surface area contributed by atoms with Crippen molar-refractivity contribution in [3.63, 3.8) is 0 Å². The SMILES string of the molecule is COC(=O)c1cc(C)cc(Nc2s[nH]c(=O)c2C#N)c1. The van der Waals surface area contributed by atoms with Crippen molar-refractivity contribution in [1.29, 1.82) is 5.26 Å². The fourth-order valence-electron chi connectivity index (χ4n) is 1.71. The minimum atomic E-state index is -0.445. The van der Waals surface area contributed by atoms with Gasteiger partial charge in [0.15, 0.2) is 5.56 Å². The average molecular weight is 289 g/mol. The monoisotopic (exact) mass is 289 g/mol. The molecule has 0 fully saturated rings. The van der Waals surface area contributed by atoms with Gasteiger partial charge in [0.25, 0.3) is 5.56 Å². The zero-order valence-electron chi connectivity index (χ0n) is 10.8. The first kappa shape index (κ1) is 13.8. The summed E-state index contributed by atoms with van der Waals surface area (Å²) in [4.78, 5) is 22.9. The number of esters is 1. The van der Waals surface area contributed by atoms with Crippen LogP contribution in [0.5, 0.6) is 0 Å². The summed E-state index contributed by atoms with van der Waals surface area (Å²) in [5.41, 5.74) is 1.46. The van der Waals surface area contributed by atoms with E-state index in [0.29, 0.717) is 16.3 Å². The maximum atomic E-state index is 11.5. The molecule has 102 valence electrons. The van der Waals surface area contributed by atoms with Crippen molar-refractivity contribution in [3.8, 4) is 6.07 Å². The first-order chi connectivity index (χ1) is 9.55. The van der Waals surface area contributed by atoms with Crippen molar-refractivity contribution in [2.24, 2.45) is 0 Å². The van der Waals surface area contributed by atoms with E-state index in [2.05, 4.69) is 14.4 Å². The van der Waals surface area contributed by atoms with E-state index in [-0.39, 0.29) is 5.56 Å². The first-order valence-electron chi connectivity index (χ1n) is 5.63. The number of benzene rings is 1. The molecular formula is C13H11N3O3S. The Hall–Kier alpha value is -2.59. The highest BCUT2D eigenvalue weighted by molar-refractivity contribution is 7.10. The molecular weight excluding hydrogens is 278 g/mol. The number of H-pyrrole nitrogens is 1. The Morgan fingerprint density at radius 3 is 2.85 bits per heavy atom. The van der Waals surface area contributed by atoms with Gasteiger partial charge in [0.2, 0.25) is 0 Å². The number of nitriles is 1. The molecule has 0 atom stereocenters. The molecule has 0 aliphatic heterocycles. The fourth-order valence-corrected chi connectivity index (χ4v) is 2.42. The summed E-state index contributed by atoms with van der Waals surface area (Å²) in [6.45, 7) is 1.84. The highest BCUT2D eigenvalue weighted by Crippen LogP contribution is 2.24. The standard InChI is InChI=1S/C13H11N3O3S/c1-7-3-8(13(18)19-2)5-9(4-7)15-12-10(6-14)11(17)16-20-12/h3-5,15H,1-2H3,(H,16,17). The van der Waals surface area contributed by atoms with Crippen molar-refractivity contribution < 1.29 is 9.53 Å². The van der Waals surface area contributed by atoms with Gasteiger partial charge in [-0.05, 0) is 42.2 Å². The van der Waals surface area contributed by atoms with E-state index in [1.165, 1.54) is 7.11 Å². The fraction of sp³-hybridized carbons (Fsp3) is 0.154. The summed E-state index contributed by atoms with van der Waals surface area (Å²) >= 11 is 1.03. The lowest BCUT2D eigenvalue weighted by molar-refractivity contribution is 0.0600. The van der Waals surface area contributed by atoms with Crippen molar-refractivity contribution in [3.05, 3.63) is 45.2 Å². The van der Waals surface area contributed by atoms with Crippen LogP contribution in [0.4, 0.5) is 10.7 Å². The number of aromatic nitrogens is 1. The second-order valence-electron chi connectivity index (χ2n) is 4.05. The summed E-state index contributed by atoms with van der Waals surface area (Å²) in [5.74, 6) is -0.445. The number of rotatable bonds is 3. The molecule has 1 aromatic heterocycles. The predicted octanol–water partition coefficient (Wildman–Crippen LogP) is 2.15. The molecule has 6 nitrogen and oxygen atoms in total. The molecule has 7 heteroatoms. The van der Waals surface area contributed by atoms with Gasteiger partial charge in [-0.15, -0.1) is 0 Å². The van der Waals surface area contributed by atoms with Gasteiger partial charge in [0, 0.05) is 5.69 Å². The predicted molar refractivity (Wildman–Crippen MR) is 75.5 cm³/mol. The Labute approximate surface area is 118 Å². The van der Waals surface area contributed by atoms with Gasteiger partial charge in [-0.25, -0.2) is 4.79 Å². The smallest absolute Gasteiger partial charge is 0.337 e. The number of hydrogen-bond acceptors (Lipinski definition) is 6. The van der Waals surface area contributed by atoms with Crippen molar-refractivity contribution in [2.75, 3.05) is 12.4 Å². The number of nitrogens with zero attached hydrogens (tertiary/aromatic N) is 1. The molecule has 20 heavy (non-hydrogen) atoms. The average Bonchev–Trinajstić information content (AvgIpc) is 2.77. The van der Waals surface area contributed by atoms with E-state index in [4.69, 9.17) is 5.26 Å². The second-order valence-corrected chi connectivity index (χ2v) is 4.87. The van der Waals surface area contributed by atoms with Crippen LogP contribution in [0, 0.1) is 18.3 Å². The second kappa shape index (κ2) is 5.59. The van der Waals surface area contributed by atoms with Crippen LogP contribution < -0.4 is 10.9 Å². The van der Waals surface area contributed by atoms with E-state index < -0.39 is 11.5 Å². The number of ether oxygens (including phenoxy) is 1. The van der Waals surface area contributed by atoms with Crippen LogP contribution in [0.25, 0.3) is 0 Å². The topological polar surface area (TPSA) is 95.0 Å². The van der Waals surface area contributed by atoms with Crippen molar-refractivity contribution >= 4 is 28.2 Å². The Bertz CT molecular complexity index is 755. The van der Waals surface area contributed by atoms with Crippen LogP contribution in [0.15, 0.2) is 23.0 Å². The molecule has 0 saturated heterocycles. The number of nitrogens with one attached hydrogen (secondary N) is 2. The van der Waals surface area contributed by atoms with Gasteiger partial charge in [-0.3, -0.25) is 9.17 Å². The summed E-state index contributed by atoms with van der Waals surface area (Å²) < 4.78 is 7.15. The zero-order valence-corrected chi connectivity index (χ0v) is 11.6. The highest BCUT2D eigenvalue weighted by atomic mass is 32.1. The molecule has 0 spiro atoms. The molecule has 1 heterocycles. The van der Waals surface area contributed by atoms with Crippen LogP contribution >= 0.6 is 11.5 Å². The number of aromatic amines is 1. The molecule has 2 N–H and O–H groups in total. The quantitative estimate of drug-likeness (QED) is 0.844. The van der Waals surface area contributed by atoms with E-state index >= 15 is 0 Å². The summed E-state index contributed by atoms with van der Waals surface area (Å²) in [6.07, 6.45) is 0. The minimum absolute atomic E-state index is 0.0242. The van der Waals surface area contributed by atoms with Gasteiger partial charge in [0.05, 0.1) is 12.7 Å². The molecule has 0 saturated carbocycles. The lowest BCUT2D eigenvalue weighted by Gasteiger charge is -2.07.